The number of ketones is 1. The van der Waals surface area contributed by atoms with Gasteiger partial charge in [0.25, 0.3) is 11.7 Å². The summed E-state index contributed by atoms with van der Waals surface area (Å²) in [6.45, 7) is 1.78. The fraction of sp³-hybridized carbons (Fsp3) is 0.130. The van der Waals surface area contributed by atoms with Gasteiger partial charge >= 0.3 is 6.18 Å². The molecular formula is C23H15BrF3NO4. The van der Waals surface area contributed by atoms with Gasteiger partial charge in [0.15, 0.2) is 0 Å². The van der Waals surface area contributed by atoms with Crippen LogP contribution in [0.5, 0.6) is 0 Å². The number of alkyl halides is 3. The number of Topliss-reactive ketones (excluding diaryl/α,β-unsaturated/α-hetero) is 1. The minimum atomic E-state index is -4.64. The second kappa shape index (κ2) is 7.98. The molecule has 0 saturated carbocycles. The summed E-state index contributed by atoms with van der Waals surface area (Å²) in [6.07, 6.45) is -3.33. The lowest BCUT2D eigenvalue weighted by Crippen LogP contribution is -2.29. The first-order chi connectivity index (χ1) is 15.1. The molecule has 1 aliphatic rings. The third kappa shape index (κ3) is 3.73. The van der Waals surface area contributed by atoms with Gasteiger partial charge in [0.2, 0.25) is 0 Å². The number of carbonyl (C=O) groups is 2. The number of hydrogen-bond acceptors (Lipinski definition) is 4. The molecular weight excluding hydrogens is 491 g/mol. The molecule has 32 heavy (non-hydrogen) atoms. The van der Waals surface area contributed by atoms with E-state index in [1.54, 1.807) is 25.1 Å². The molecule has 0 spiro atoms. The molecule has 0 aliphatic carbocycles. The van der Waals surface area contributed by atoms with Gasteiger partial charge in [0.1, 0.15) is 17.6 Å². The zero-order valence-electron chi connectivity index (χ0n) is 16.5. The van der Waals surface area contributed by atoms with E-state index < -0.39 is 35.2 Å². The van der Waals surface area contributed by atoms with Gasteiger partial charge in [-0.05, 0) is 55.0 Å². The van der Waals surface area contributed by atoms with Crippen molar-refractivity contribution >= 4 is 39.1 Å². The second-order valence-corrected chi connectivity index (χ2v) is 8.05. The average molecular weight is 506 g/mol. The van der Waals surface area contributed by atoms with E-state index in [0.29, 0.717) is 0 Å². The van der Waals surface area contributed by atoms with E-state index in [1.807, 2.05) is 0 Å². The van der Waals surface area contributed by atoms with Gasteiger partial charge in [-0.3, -0.25) is 14.5 Å². The van der Waals surface area contributed by atoms with Crippen molar-refractivity contribution in [1.29, 1.82) is 0 Å². The Kier molecular flexibility index (Phi) is 5.46. The smallest absolute Gasteiger partial charge is 0.416 e. The zero-order valence-corrected chi connectivity index (χ0v) is 18.1. The SMILES string of the molecule is Cc1cc(/C(O)=C2/C(=O)C(=O)N(c3cccc(C(F)(F)F)c3)C2c2ccco2)ccc1Br. The highest BCUT2D eigenvalue weighted by molar-refractivity contribution is 9.10. The Bertz CT molecular complexity index is 1250. The van der Waals surface area contributed by atoms with Crippen molar-refractivity contribution in [3.05, 3.63) is 93.4 Å². The van der Waals surface area contributed by atoms with Crippen molar-refractivity contribution in [2.45, 2.75) is 19.1 Å². The number of aliphatic hydroxyl groups is 1. The molecule has 1 aliphatic heterocycles. The first-order valence-electron chi connectivity index (χ1n) is 9.38. The van der Waals surface area contributed by atoms with E-state index in [1.165, 1.54) is 24.5 Å². The monoisotopic (exact) mass is 505 g/mol. The summed E-state index contributed by atoms with van der Waals surface area (Å²) in [5, 5.41) is 11.0. The van der Waals surface area contributed by atoms with Crippen molar-refractivity contribution < 1.29 is 32.3 Å². The third-order valence-corrected chi connectivity index (χ3v) is 6.03. The molecule has 2 aromatic carbocycles. The van der Waals surface area contributed by atoms with Crippen LogP contribution in [0.25, 0.3) is 5.76 Å². The van der Waals surface area contributed by atoms with Crippen LogP contribution < -0.4 is 4.90 Å². The molecule has 0 bridgehead atoms. The van der Waals surface area contributed by atoms with E-state index in [2.05, 4.69) is 15.9 Å². The summed E-state index contributed by atoms with van der Waals surface area (Å²) in [5.41, 5.74) is -0.336. The molecule has 3 aromatic rings. The highest BCUT2D eigenvalue weighted by atomic mass is 79.9. The summed E-state index contributed by atoms with van der Waals surface area (Å²) in [6, 6.07) is 10.7. The summed E-state index contributed by atoms with van der Waals surface area (Å²) < 4.78 is 45.9. The maximum atomic E-state index is 13.3. The molecule has 1 aromatic heterocycles. The lowest BCUT2D eigenvalue weighted by atomic mass is 9.98. The number of halogens is 4. The second-order valence-electron chi connectivity index (χ2n) is 7.20. The number of aryl methyl sites for hydroxylation is 1. The number of hydrogen-bond donors (Lipinski definition) is 1. The Labute approximate surface area is 188 Å². The van der Waals surface area contributed by atoms with Gasteiger partial charge in [-0.2, -0.15) is 13.2 Å². The van der Waals surface area contributed by atoms with Crippen molar-refractivity contribution in [2.75, 3.05) is 4.90 Å². The first kappa shape index (κ1) is 21.9. The number of carbonyl (C=O) groups excluding carboxylic acids is 2. The Morgan fingerprint density at radius 1 is 1.09 bits per heavy atom. The van der Waals surface area contributed by atoms with Gasteiger partial charge in [-0.1, -0.05) is 28.1 Å². The lowest BCUT2D eigenvalue weighted by molar-refractivity contribution is -0.137. The van der Waals surface area contributed by atoms with E-state index in [-0.39, 0.29) is 22.6 Å². The van der Waals surface area contributed by atoms with Crippen LogP contribution in [0, 0.1) is 6.92 Å². The fourth-order valence-corrected chi connectivity index (χ4v) is 3.84. The molecule has 2 heterocycles. The van der Waals surface area contributed by atoms with Gasteiger partial charge in [0, 0.05) is 15.7 Å². The number of aliphatic hydroxyl groups excluding tert-OH is 1. The minimum absolute atomic E-state index is 0.122. The van der Waals surface area contributed by atoms with E-state index in [9.17, 15) is 27.9 Å². The average Bonchev–Trinajstić information content (AvgIpc) is 3.36. The number of anilines is 1. The quantitative estimate of drug-likeness (QED) is 0.269. The third-order valence-electron chi connectivity index (χ3n) is 5.14. The Morgan fingerprint density at radius 2 is 1.84 bits per heavy atom. The molecule has 0 radical (unpaired) electrons. The van der Waals surface area contributed by atoms with Gasteiger partial charge in [0.05, 0.1) is 17.4 Å². The van der Waals surface area contributed by atoms with Crippen LogP contribution in [-0.2, 0) is 15.8 Å². The zero-order chi connectivity index (χ0) is 23.2. The summed E-state index contributed by atoms with van der Waals surface area (Å²) in [4.78, 5) is 26.8. The molecule has 1 N–H and O–H groups in total. The van der Waals surface area contributed by atoms with Crippen LogP contribution in [0.1, 0.15) is 28.5 Å². The molecule has 4 rings (SSSR count). The number of furan rings is 1. The summed E-state index contributed by atoms with van der Waals surface area (Å²) in [7, 11) is 0. The van der Waals surface area contributed by atoms with Crippen LogP contribution >= 0.6 is 15.9 Å². The Morgan fingerprint density at radius 3 is 2.47 bits per heavy atom. The Balaban J connectivity index is 1.92. The van der Waals surface area contributed by atoms with Gasteiger partial charge in [-0.15, -0.1) is 0 Å². The van der Waals surface area contributed by atoms with Crippen LogP contribution in [-0.4, -0.2) is 16.8 Å². The van der Waals surface area contributed by atoms with Crippen LogP contribution in [0.4, 0.5) is 18.9 Å². The van der Waals surface area contributed by atoms with Crippen molar-refractivity contribution in [1.82, 2.24) is 0 Å². The van der Waals surface area contributed by atoms with E-state index >= 15 is 0 Å². The van der Waals surface area contributed by atoms with Crippen LogP contribution in [0.2, 0.25) is 0 Å². The summed E-state index contributed by atoms with van der Waals surface area (Å²) in [5.74, 6) is -2.42. The predicted octanol–water partition coefficient (Wildman–Crippen LogP) is 6.00. The van der Waals surface area contributed by atoms with E-state index in [0.717, 1.165) is 33.1 Å². The molecule has 1 atom stereocenters. The largest absolute Gasteiger partial charge is 0.507 e. The van der Waals surface area contributed by atoms with Crippen molar-refractivity contribution in [3.63, 3.8) is 0 Å². The summed E-state index contributed by atoms with van der Waals surface area (Å²) >= 11 is 3.36. The minimum Gasteiger partial charge on any atom is -0.507 e. The van der Waals surface area contributed by atoms with E-state index in [4.69, 9.17) is 4.42 Å². The topological polar surface area (TPSA) is 70.8 Å². The molecule has 1 fully saturated rings. The maximum absolute atomic E-state index is 13.3. The van der Waals surface area contributed by atoms with Gasteiger partial charge < -0.3 is 9.52 Å². The standard InChI is InChI=1S/C23H15BrF3NO4/c1-12-10-13(7-8-16(12)24)20(29)18-19(17-6-3-9-32-17)28(22(31)21(18)30)15-5-2-4-14(11-15)23(25,26)27/h2-11,19,29H,1H3/b20-18-. The highest BCUT2D eigenvalue weighted by Crippen LogP contribution is 2.43. The number of benzene rings is 2. The Hall–Kier alpha value is -3.33. The normalized spacial score (nSPS) is 18.4. The van der Waals surface area contributed by atoms with Crippen LogP contribution in [0.15, 0.2) is 75.3 Å². The van der Waals surface area contributed by atoms with Crippen LogP contribution in [0.3, 0.4) is 0 Å². The van der Waals surface area contributed by atoms with Crippen molar-refractivity contribution in [3.8, 4) is 0 Å². The number of nitrogens with zero attached hydrogens (tertiary/aromatic N) is 1. The molecule has 9 heteroatoms. The lowest BCUT2D eigenvalue weighted by Gasteiger charge is -2.24. The molecule has 5 nitrogen and oxygen atoms in total. The maximum Gasteiger partial charge on any atom is 0.416 e. The van der Waals surface area contributed by atoms with Crippen molar-refractivity contribution in [2.24, 2.45) is 0 Å². The molecule has 1 saturated heterocycles. The number of amides is 1. The molecule has 1 unspecified atom stereocenters. The number of rotatable bonds is 3. The molecule has 1 amide bonds. The fourth-order valence-electron chi connectivity index (χ4n) is 3.59. The van der Waals surface area contributed by atoms with Gasteiger partial charge in [-0.25, -0.2) is 0 Å². The first-order valence-corrected chi connectivity index (χ1v) is 10.2. The predicted molar refractivity (Wildman–Crippen MR) is 114 cm³/mol. The molecule has 164 valence electrons. The highest BCUT2D eigenvalue weighted by Gasteiger charge is 2.48.